The molecule has 1 unspecified atom stereocenters. The normalized spacial score (nSPS) is 14.2. The third kappa shape index (κ3) is 41.3. The van der Waals surface area contributed by atoms with Crippen molar-refractivity contribution in [3.63, 3.8) is 0 Å². The fourth-order valence-corrected chi connectivity index (χ4v) is 6.27. The van der Waals surface area contributed by atoms with E-state index in [2.05, 4.69) is 74.6 Å². The Morgan fingerprint density at radius 2 is 1.00 bits per heavy atom. The molecule has 0 aliphatic rings. The summed E-state index contributed by atoms with van der Waals surface area (Å²) in [6.07, 6.45) is 45.5. The molecule has 0 aliphatic carbocycles. The first-order chi connectivity index (χ1) is 27.0. The first kappa shape index (κ1) is 53.7. The van der Waals surface area contributed by atoms with Gasteiger partial charge in [0, 0.05) is 12.8 Å². The van der Waals surface area contributed by atoms with Gasteiger partial charge >= 0.3 is 19.8 Å². The quantitative estimate of drug-likeness (QED) is 0.0215. The number of rotatable bonds is 39. The lowest BCUT2D eigenvalue weighted by Crippen LogP contribution is -2.37. The predicted octanol–water partition coefficient (Wildman–Crippen LogP) is 12.5. The molecular formula is C46H83NO8P+. The summed E-state index contributed by atoms with van der Waals surface area (Å²) < 4.78 is 34.2. The average molecular weight is 809 g/mol. The largest absolute Gasteiger partial charge is 0.472 e. The Morgan fingerprint density at radius 1 is 0.554 bits per heavy atom. The molecule has 0 heterocycles. The van der Waals surface area contributed by atoms with E-state index in [0.29, 0.717) is 23.9 Å². The van der Waals surface area contributed by atoms with Gasteiger partial charge in [-0.2, -0.15) is 0 Å². The zero-order valence-corrected chi connectivity index (χ0v) is 37.2. The highest BCUT2D eigenvalue weighted by Crippen LogP contribution is 2.43. The van der Waals surface area contributed by atoms with E-state index in [-0.39, 0.29) is 26.1 Å². The van der Waals surface area contributed by atoms with Crippen molar-refractivity contribution in [2.24, 2.45) is 0 Å². The van der Waals surface area contributed by atoms with Crippen LogP contribution < -0.4 is 0 Å². The molecule has 0 aromatic heterocycles. The number of carbonyl (C=O) groups is 2. The maximum Gasteiger partial charge on any atom is 0.472 e. The van der Waals surface area contributed by atoms with E-state index in [9.17, 15) is 19.0 Å². The van der Waals surface area contributed by atoms with E-state index in [1.807, 2.05) is 21.1 Å². The van der Waals surface area contributed by atoms with Crippen molar-refractivity contribution in [3.05, 3.63) is 60.8 Å². The van der Waals surface area contributed by atoms with E-state index in [0.717, 1.165) is 70.6 Å². The molecule has 0 amide bonds. The van der Waals surface area contributed by atoms with Crippen LogP contribution in [-0.4, -0.2) is 74.9 Å². The molecule has 0 rings (SSSR count). The standard InChI is InChI=1S/C46H82NO8P/c1-6-8-10-12-14-16-18-20-22-23-25-27-29-31-33-35-37-39-46(49)55-44(43-54-56(50,51)53-41-40-47(3,4)5)42-52-45(48)38-36-34-32-30-28-26-24-21-19-17-15-13-11-9-7-2/h10,12,16,18,22-23,26-29,44H,6-9,11,13-15,17,19-21,24-25,30-43H2,1-5H3/p+1/b12-10+,18-16+,23-22+,28-26+,29-27+/t44-/m1/s1. The number of ether oxygens (including phenoxy) is 2. The number of nitrogens with zero attached hydrogens (tertiary/aromatic N) is 1. The highest BCUT2D eigenvalue weighted by Gasteiger charge is 2.27. The number of hydrogen-bond donors (Lipinski definition) is 1. The molecule has 0 spiro atoms. The molecule has 0 saturated carbocycles. The maximum absolute atomic E-state index is 12.7. The first-order valence-electron chi connectivity index (χ1n) is 22.0. The van der Waals surface area contributed by atoms with Gasteiger partial charge in [0.1, 0.15) is 19.8 Å². The lowest BCUT2D eigenvalue weighted by Gasteiger charge is -2.24. The number of quaternary nitrogens is 1. The van der Waals surface area contributed by atoms with Crippen LogP contribution in [0.5, 0.6) is 0 Å². The SMILES string of the molecule is CCC/C=C/C/C=C/C/C=C/C/C=C/CCCCCC(=O)O[C@H](COC(=O)CCCCC/C=C/CCCCCCCCCC)COP(=O)(O)OCC[N+](C)(C)C. The number of hydrogen-bond acceptors (Lipinski definition) is 7. The highest BCUT2D eigenvalue weighted by atomic mass is 31.2. The van der Waals surface area contributed by atoms with Gasteiger partial charge in [0.15, 0.2) is 6.10 Å². The van der Waals surface area contributed by atoms with Crippen molar-refractivity contribution in [3.8, 4) is 0 Å². The number of unbranched alkanes of at least 4 members (excludes halogenated alkanes) is 15. The van der Waals surface area contributed by atoms with Crippen LogP contribution >= 0.6 is 7.82 Å². The van der Waals surface area contributed by atoms with Gasteiger partial charge in [-0.3, -0.25) is 18.6 Å². The van der Waals surface area contributed by atoms with Crippen LogP contribution in [0.3, 0.4) is 0 Å². The fourth-order valence-electron chi connectivity index (χ4n) is 5.53. The monoisotopic (exact) mass is 809 g/mol. The Bertz CT molecular complexity index is 1140. The van der Waals surface area contributed by atoms with E-state index in [1.165, 1.54) is 57.8 Å². The van der Waals surface area contributed by atoms with Crippen molar-refractivity contribution >= 4 is 19.8 Å². The molecule has 0 saturated heterocycles. The van der Waals surface area contributed by atoms with Crippen LogP contribution in [0.25, 0.3) is 0 Å². The zero-order chi connectivity index (χ0) is 41.4. The Balaban J connectivity index is 4.46. The van der Waals surface area contributed by atoms with Crippen LogP contribution in [-0.2, 0) is 32.7 Å². The fraction of sp³-hybridized carbons (Fsp3) is 0.739. The first-order valence-corrected chi connectivity index (χ1v) is 23.5. The number of allylic oxidation sites excluding steroid dienone is 10. The number of phosphoric acid groups is 1. The molecule has 1 N–H and O–H groups in total. The molecule has 0 fully saturated rings. The maximum atomic E-state index is 12.7. The predicted molar refractivity (Wildman–Crippen MR) is 233 cm³/mol. The summed E-state index contributed by atoms with van der Waals surface area (Å²) in [5.74, 6) is -0.857. The molecule has 0 radical (unpaired) electrons. The summed E-state index contributed by atoms with van der Waals surface area (Å²) in [6, 6.07) is 0. The van der Waals surface area contributed by atoms with Crippen LogP contribution in [0.1, 0.15) is 168 Å². The summed E-state index contributed by atoms with van der Waals surface area (Å²) in [6.45, 7) is 4.28. The topological polar surface area (TPSA) is 108 Å². The lowest BCUT2D eigenvalue weighted by molar-refractivity contribution is -0.870. The van der Waals surface area contributed by atoms with Gasteiger partial charge in [-0.15, -0.1) is 0 Å². The van der Waals surface area contributed by atoms with E-state index in [4.69, 9.17) is 18.5 Å². The Hall–Kier alpha value is -2.29. The average Bonchev–Trinajstić information content (AvgIpc) is 3.15. The Morgan fingerprint density at radius 3 is 1.52 bits per heavy atom. The second-order valence-electron chi connectivity index (χ2n) is 15.7. The van der Waals surface area contributed by atoms with E-state index < -0.39 is 32.5 Å². The second-order valence-corrected chi connectivity index (χ2v) is 17.2. The van der Waals surface area contributed by atoms with Crippen molar-refractivity contribution in [2.75, 3.05) is 47.5 Å². The minimum absolute atomic E-state index is 0.0206. The van der Waals surface area contributed by atoms with Crippen LogP contribution in [0.4, 0.5) is 0 Å². The minimum Gasteiger partial charge on any atom is -0.462 e. The molecule has 0 aliphatic heterocycles. The molecule has 0 bridgehead atoms. The smallest absolute Gasteiger partial charge is 0.462 e. The summed E-state index contributed by atoms with van der Waals surface area (Å²) in [5, 5.41) is 0. The Kier molecular flexibility index (Phi) is 36.7. The van der Waals surface area contributed by atoms with Gasteiger partial charge in [-0.1, -0.05) is 139 Å². The number of carbonyl (C=O) groups excluding carboxylic acids is 2. The molecule has 10 heteroatoms. The van der Waals surface area contributed by atoms with Gasteiger partial charge in [-0.05, 0) is 77.0 Å². The van der Waals surface area contributed by atoms with Crippen LogP contribution in [0.2, 0.25) is 0 Å². The zero-order valence-electron chi connectivity index (χ0n) is 36.3. The van der Waals surface area contributed by atoms with Gasteiger partial charge in [-0.25, -0.2) is 4.57 Å². The van der Waals surface area contributed by atoms with Crippen molar-refractivity contribution in [2.45, 2.75) is 174 Å². The molecular weight excluding hydrogens is 725 g/mol. The number of phosphoric ester groups is 1. The molecule has 324 valence electrons. The van der Waals surface area contributed by atoms with Gasteiger partial charge in [0.2, 0.25) is 0 Å². The van der Waals surface area contributed by atoms with Crippen molar-refractivity contribution < 1.29 is 42.1 Å². The summed E-state index contributed by atoms with van der Waals surface area (Å²) in [5.41, 5.74) is 0. The summed E-state index contributed by atoms with van der Waals surface area (Å²) in [4.78, 5) is 35.3. The second kappa shape index (κ2) is 38.2. The minimum atomic E-state index is -4.39. The molecule has 2 atom stereocenters. The van der Waals surface area contributed by atoms with Crippen LogP contribution in [0, 0.1) is 0 Å². The van der Waals surface area contributed by atoms with Gasteiger partial charge in [0.25, 0.3) is 0 Å². The third-order valence-corrected chi connectivity index (χ3v) is 9.99. The van der Waals surface area contributed by atoms with E-state index in [1.54, 1.807) is 0 Å². The van der Waals surface area contributed by atoms with Crippen molar-refractivity contribution in [1.29, 1.82) is 0 Å². The third-order valence-electron chi connectivity index (χ3n) is 9.00. The highest BCUT2D eigenvalue weighted by molar-refractivity contribution is 7.47. The molecule has 56 heavy (non-hydrogen) atoms. The lowest BCUT2D eigenvalue weighted by atomic mass is 10.1. The number of likely N-dealkylation sites (N-methyl/N-ethyl adjacent to an activating group) is 1. The molecule has 9 nitrogen and oxygen atoms in total. The number of esters is 2. The molecule has 0 aromatic rings. The Labute approximate surface area is 343 Å². The van der Waals surface area contributed by atoms with Crippen molar-refractivity contribution in [1.82, 2.24) is 0 Å². The van der Waals surface area contributed by atoms with Gasteiger partial charge < -0.3 is 18.9 Å². The summed E-state index contributed by atoms with van der Waals surface area (Å²) in [7, 11) is 1.44. The van der Waals surface area contributed by atoms with E-state index >= 15 is 0 Å². The van der Waals surface area contributed by atoms with Gasteiger partial charge in [0.05, 0.1) is 27.7 Å². The summed E-state index contributed by atoms with van der Waals surface area (Å²) >= 11 is 0. The molecule has 0 aromatic carbocycles. The van der Waals surface area contributed by atoms with Crippen LogP contribution in [0.15, 0.2) is 60.8 Å².